The van der Waals surface area contributed by atoms with E-state index in [4.69, 9.17) is 0 Å². The molecule has 0 spiro atoms. The SMILES string of the molecule is Cc1nc(Sc2nnnn2C)c2c(-c3cccs3)csc2n1. The Hall–Kier alpha value is -1.84. The van der Waals surface area contributed by atoms with Gasteiger partial charge in [0, 0.05) is 22.9 Å². The molecule has 0 aromatic carbocycles. The number of rotatable bonds is 3. The van der Waals surface area contributed by atoms with Crippen molar-refractivity contribution in [1.82, 2.24) is 30.2 Å². The van der Waals surface area contributed by atoms with Gasteiger partial charge in [0.05, 0.1) is 5.39 Å². The minimum atomic E-state index is 0.711. The summed E-state index contributed by atoms with van der Waals surface area (Å²) in [6.45, 7) is 1.91. The summed E-state index contributed by atoms with van der Waals surface area (Å²) in [5, 5.41) is 18.5. The largest absolute Gasteiger partial charge is 0.226 e. The lowest BCUT2D eigenvalue weighted by Gasteiger charge is -2.04. The maximum Gasteiger partial charge on any atom is 0.215 e. The summed E-state index contributed by atoms with van der Waals surface area (Å²) < 4.78 is 1.64. The van der Waals surface area contributed by atoms with E-state index in [2.05, 4.69) is 48.4 Å². The molecule has 9 heteroatoms. The first-order valence-electron chi connectivity index (χ1n) is 6.42. The van der Waals surface area contributed by atoms with Crippen LogP contribution in [0.4, 0.5) is 0 Å². The molecule has 0 aliphatic heterocycles. The van der Waals surface area contributed by atoms with Crippen LogP contribution in [0.25, 0.3) is 20.7 Å². The average Bonchev–Trinajstić information content (AvgIpc) is 3.19. The van der Waals surface area contributed by atoms with E-state index in [1.54, 1.807) is 27.4 Å². The molecule has 0 fully saturated rings. The highest BCUT2D eigenvalue weighted by molar-refractivity contribution is 7.99. The van der Waals surface area contributed by atoms with Crippen molar-refractivity contribution < 1.29 is 0 Å². The molecule has 110 valence electrons. The lowest BCUT2D eigenvalue weighted by atomic mass is 10.2. The topological polar surface area (TPSA) is 69.4 Å². The normalized spacial score (nSPS) is 11.4. The molecular weight excluding hydrogens is 336 g/mol. The molecule has 0 aliphatic carbocycles. The number of thiophene rings is 2. The zero-order chi connectivity index (χ0) is 15.1. The molecule has 4 aromatic heterocycles. The van der Waals surface area contributed by atoms with E-state index in [0.29, 0.717) is 5.16 Å². The lowest BCUT2D eigenvalue weighted by molar-refractivity contribution is 0.664. The van der Waals surface area contributed by atoms with E-state index >= 15 is 0 Å². The molecule has 4 rings (SSSR count). The van der Waals surface area contributed by atoms with Gasteiger partial charge in [0.2, 0.25) is 5.16 Å². The fourth-order valence-electron chi connectivity index (χ4n) is 2.09. The Morgan fingerprint density at radius 3 is 2.86 bits per heavy atom. The molecule has 0 atom stereocenters. The van der Waals surface area contributed by atoms with E-state index in [-0.39, 0.29) is 0 Å². The first-order chi connectivity index (χ1) is 10.7. The van der Waals surface area contributed by atoms with Crippen molar-refractivity contribution in [2.75, 3.05) is 0 Å². The summed E-state index contributed by atoms with van der Waals surface area (Å²) >= 11 is 4.82. The van der Waals surface area contributed by atoms with Gasteiger partial charge in [-0.25, -0.2) is 14.6 Å². The molecule has 6 nitrogen and oxygen atoms in total. The second-order valence-corrected chi connectivity index (χ2v) is 7.33. The van der Waals surface area contributed by atoms with Crippen LogP contribution in [-0.4, -0.2) is 30.2 Å². The maximum atomic E-state index is 4.61. The molecule has 4 heterocycles. The number of hydrogen-bond donors (Lipinski definition) is 0. The Morgan fingerprint density at radius 2 is 2.14 bits per heavy atom. The molecule has 0 bridgehead atoms. The lowest BCUT2D eigenvalue weighted by Crippen LogP contribution is -1.95. The first-order valence-corrected chi connectivity index (χ1v) is 9.00. The Bertz CT molecular complexity index is 940. The molecule has 0 unspecified atom stereocenters. The molecule has 22 heavy (non-hydrogen) atoms. The van der Waals surface area contributed by atoms with Crippen LogP contribution in [0.5, 0.6) is 0 Å². The second-order valence-electron chi connectivity index (χ2n) is 4.57. The van der Waals surface area contributed by atoms with Crippen LogP contribution in [0.15, 0.2) is 33.1 Å². The van der Waals surface area contributed by atoms with Crippen molar-refractivity contribution in [1.29, 1.82) is 0 Å². The molecule has 0 radical (unpaired) electrons. The number of aryl methyl sites for hydroxylation is 2. The van der Waals surface area contributed by atoms with Crippen molar-refractivity contribution in [2.24, 2.45) is 7.05 Å². The Morgan fingerprint density at radius 1 is 1.23 bits per heavy atom. The van der Waals surface area contributed by atoms with Gasteiger partial charge in [0.15, 0.2) is 0 Å². The third kappa shape index (κ3) is 2.31. The first kappa shape index (κ1) is 13.8. The molecule has 0 saturated heterocycles. The summed E-state index contributed by atoms with van der Waals surface area (Å²) in [6.07, 6.45) is 0. The standard InChI is InChI=1S/C13H10N6S3/c1-7-14-11-10(8(6-21-11)9-4-3-5-20-9)12(15-7)22-13-16-17-18-19(13)2/h3-6H,1-2H3. The van der Waals surface area contributed by atoms with Gasteiger partial charge in [-0.2, -0.15) is 0 Å². The fraction of sp³-hybridized carbons (Fsp3) is 0.154. The number of hydrogen-bond acceptors (Lipinski definition) is 8. The van der Waals surface area contributed by atoms with Crippen molar-refractivity contribution >= 4 is 44.7 Å². The second kappa shape index (κ2) is 5.41. The smallest absolute Gasteiger partial charge is 0.215 e. The summed E-state index contributed by atoms with van der Waals surface area (Å²) in [6, 6.07) is 4.17. The van der Waals surface area contributed by atoms with Crippen LogP contribution < -0.4 is 0 Å². The molecule has 0 amide bonds. The Kier molecular flexibility index (Phi) is 3.40. The van der Waals surface area contributed by atoms with Crippen LogP contribution in [0.2, 0.25) is 0 Å². The quantitative estimate of drug-likeness (QED) is 0.530. The highest BCUT2D eigenvalue weighted by Gasteiger charge is 2.17. The monoisotopic (exact) mass is 346 g/mol. The van der Waals surface area contributed by atoms with Gasteiger partial charge in [0.1, 0.15) is 15.7 Å². The number of fused-ring (bicyclic) bond motifs is 1. The van der Waals surface area contributed by atoms with Crippen LogP contribution >= 0.6 is 34.4 Å². The van der Waals surface area contributed by atoms with Gasteiger partial charge in [-0.1, -0.05) is 6.07 Å². The Labute approximate surface area is 138 Å². The Balaban J connectivity index is 1.92. The minimum absolute atomic E-state index is 0.711. The van der Waals surface area contributed by atoms with Gasteiger partial charge < -0.3 is 0 Å². The molecule has 4 aromatic rings. The minimum Gasteiger partial charge on any atom is -0.226 e. The van der Waals surface area contributed by atoms with E-state index < -0.39 is 0 Å². The highest BCUT2D eigenvalue weighted by atomic mass is 32.2. The third-order valence-corrected chi connectivity index (χ3v) is 5.86. The summed E-state index contributed by atoms with van der Waals surface area (Å²) in [5.74, 6) is 0.754. The van der Waals surface area contributed by atoms with E-state index in [9.17, 15) is 0 Å². The fourth-order valence-corrected chi connectivity index (χ4v) is 4.87. The van der Waals surface area contributed by atoms with Crippen LogP contribution in [0.1, 0.15) is 5.82 Å². The summed E-state index contributed by atoms with van der Waals surface area (Å²) in [5.41, 5.74) is 1.17. The summed E-state index contributed by atoms with van der Waals surface area (Å²) in [7, 11) is 1.82. The van der Waals surface area contributed by atoms with Crippen molar-refractivity contribution in [3.63, 3.8) is 0 Å². The molecule has 0 N–H and O–H groups in total. The highest BCUT2D eigenvalue weighted by Crippen LogP contribution is 2.41. The van der Waals surface area contributed by atoms with Crippen LogP contribution in [0, 0.1) is 6.92 Å². The van der Waals surface area contributed by atoms with Crippen LogP contribution in [0.3, 0.4) is 0 Å². The third-order valence-electron chi connectivity index (χ3n) is 3.07. The number of nitrogens with zero attached hydrogens (tertiary/aromatic N) is 6. The van der Waals surface area contributed by atoms with Gasteiger partial charge in [-0.05, 0) is 40.6 Å². The predicted molar refractivity (Wildman–Crippen MR) is 88.4 cm³/mol. The maximum absolute atomic E-state index is 4.61. The average molecular weight is 346 g/mol. The van der Waals surface area contributed by atoms with E-state index in [0.717, 1.165) is 21.1 Å². The van der Waals surface area contributed by atoms with Crippen molar-refractivity contribution in [3.05, 3.63) is 28.7 Å². The molecular formula is C13H10N6S3. The van der Waals surface area contributed by atoms with Gasteiger partial charge in [-0.15, -0.1) is 27.8 Å². The number of tetrazole rings is 1. The van der Waals surface area contributed by atoms with Gasteiger partial charge >= 0.3 is 0 Å². The van der Waals surface area contributed by atoms with E-state index in [1.807, 2.05) is 14.0 Å². The van der Waals surface area contributed by atoms with E-state index in [1.165, 1.54) is 22.2 Å². The number of aromatic nitrogens is 6. The van der Waals surface area contributed by atoms with Crippen molar-refractivity contribution in [2.45, 2.75) is 17.1 Å². The van der Waals surface area contributed by atoms with Gasteiger partial charge in [-0.3, -0.25) is 0 Å². The van der Waals surface area contributed by atoms with Gasteiger partial charge in [0.25, 0.3) is 0 Å². The zero-order valence-electron chi connectivity index (χ0n) is 11.7. The van der Waals surface area contributed by atoms with Crippen LogP contribution in [-0.2, 0) is 7.05 Å². The predicted octanol–water partition coefficient (Wildman–Crippen LogP) is 3.40. The van der Waals surface area contributed by atoms with Crippen molar-refractivity contribution in [3.8, 4) is 10.4 Å². The zero-order valence-corrected chi connectivity index (χ0v) is 14.2. The molecule has 0 aliphatic rings. The molecule has 0 saturated carbocycles. The summed E-state index contributed by atoms with van der Waals surface area (Å²) in [4.78, 5) is 11.4.